The molecule has 25 heavy (non-hydrogen) atoms. The van der Waals surface area contributed by atoms with Crippen LogP contribution in [-0.2, 0) is 0 Å². The topological polar surface area (TPSA) is 62.7 Å². The average molecular weight is 335 g/mol. The molecule has 0 saturated heterocycles. The van der Waals surface area contributed by atoms with Gasteiger partial charge in [0.2, 0.25) is 5.95 Å². The first-order chi connectivity index (χ1) is 12.1. The average Bonchev–Trinajstić information content (AvgIpc) is 2.57. The van der Waals surface area contributed by atoms with E-state index in [1.807, 2.05) is 32.2 Å². The van der Waals surface area contributed by atoms with Crippen LogP contribution < -0.4 is 10.6 Å². The molecule has 2 heterocycles. The van der Waals surface area contributed by atoms with Crippen LogP contribution >= 0.6 is 0 Å². The van der Waals surface area contributed by atoms with Gasteiger partial charge in [0.05, 0.1) is 5.52 Å². The van der Waals surface area contributed by atoms with E-state index in [4.69, 9.17) is 0 Å². The highest BCUT2D eigenvalue weighted by Gasteiger charge is 2.02. The van der Waals surface area contributed by atoms with Crippen LogP contribution in [-0.4, -0.2) is 28.0 Å². The minimum absolute atomic E-state index is 0.723. The third-order valence-electron chi connectivity index (χ3n) is 4.08. The van der Waals surface area contributed by atoms with Crippen molar-refractivity contribution in [2.45, 2.75) is 33.6 Å². The Balaban J connectivity index is 1.46. The van der Waals surface area contributed by atoms with Gasteiger partial charge in [-0.15, -0.1) is 0 Å². The van der Waals surface area contributed by atoms with Gasteiger partial charge in [0.15, 0.2) is 0 Å². The van der Waals surface area contributed by atoms with Crippen molar-refractivity contribution < 1.29 is 0 Å². The molecule has 130 valence electrons. The van der Waals surface area contributed by atoms with Crippen LogP contribution in [0.4, 0.5) is 11.6 Å². The summed E-state index contributed by atoms with van der Waals surface area (Å²) in [7, 11) is 0. The number of fused-ring (bicyclic) bond motifs is 1. The summed E-state index contributed by atoms with van der Waals surface area (Å²) in [5, 5.41) is 8.00. The van der Waals surface area contributed by atoms with Gasteiger partial charge in [0.1, 0.15) is 0 Å². The number of benzene rings is 1. The van der Waals surface area contributed by atoms with Crippen molar-refractivity contribution in [1.82, 2.24) is 15.0 Å². The Morgan fingerprint density at radius 1 is 0.840 bits per heavy atom. The Morgan fingerprint density at radius 2 is 1.56 bits per heavy atom. The number of nitrogens with zero attached hydrogens (tertiary/aromatic N) is 3. The fraction of sp³-hybridized carbons (Fsp3) is 0.350. The number of hydrogen-bond donors (Lipinski definition) is 2. The molecule has 0 unspecified atom stereocenters. The molecule has 3 rings (SSSR count). The van der Waals surface area contributed by atoms with Crippen molar-refractivity contribution >= 4 is 22.5 Å². The molecule has 3 aromatic rings. The molecule has 2 aromatic heterocycles. The van der Waals surface area contributed by atoms with Crippen LogP contribution in [0, 0.1) is 20.8 Å². The number of aromatic nitrogens is 3. The van der Waals surface area contributed by atoms with Crippen molar-refractivity contribution in [3.63, 3.8) is 0 Å². The van der Waals surface area contributed by atoms with Gasteiger partial charge in [-0.1, -0.05) is 12.1 Å². The summed E-state index contributed by atoms with van der Waals surface area (Å²) in [6.45, 7) is 7.88. The molecule has 5 nitrogen and oxygen atoms in total. The van der Waals surface area contributed by atoms with Crippen molar-refractivity contribution in [2.75, 3.05) is 23.7 Å². The van der Waals surface area contributed by atoms with Crippen molar-refractivity contribution in [1.29, 1.82) is 0 Å². The molecular weight excluding hydrogens is 310 g/mol. The van der Waals surface area contributed by atoms with Gasteiger partial charge >= 0.3 is 0 Å². The molecule has 1 aromatic carbocycles. The number of aryl methyl sites for hydroxylation is 3. The van der Waals surface area contributed by atoms with Crippen LogP contribution in [0.5, 0.6) is 0 Å². The van der Waals surface area contributed by atoms with E-state index in [-0.39, 0.29) is 0 Å². The standard InChI is InChI=1S/C20H25N5/c1-14-6-7-17-18(8-11-22-19(17)12-14)21-9-4-5-10-23-20-24-15(2)13-16(3)25-20/h6-8,11-13H,4-5,9-10H2,1-3H3,(H,21,22)(H,23,24,25). The van der Waals surface area contributed by atoms with Gasteiger partial charge in [0.25, 0.3) is 0 Å². The fourth-order valence-corrected chi connectivity index (χ4v) is 2.89. The summed E-state index contributed by atoms with van der Waals surface area (Å²) in [5.41, 5.74) is 5.42. The molecule has 5 heteroatoms. The first kappa shape index (κ1) is 17.1. The van der Waals surface area contributed by atoms with Crippen molar-refractivity contribution in [2.24, 2.45) is 0 Å². The largest absolute Gasteiger partial charge is 0.384 e. The van der Waals surface area contributed by atoms with E-state index >= 15 is 0 Å². The van der Waals surface area contributed by atoms with E-state index in [9.17, 15) is 0 Å². The molecule has 0 bridgehead atoms. The highest BCUT2D eigenvalue weighted by atomic mass is 15.1. The molecule has 0 fully saturated rings. The number of unbranched alkanes of at least 4 members (excludes halogenated alkanes) is 1. The molecule has 2 N–H and O–H groups in total. The summed E-state index contributed by atoms with van der Waals surface area (Å²) in [6, 6.07) is 10.4. The van der Waals surface area contributed by atoms with E-state index in [0.717, 1.165) is 54.5 Å². The molecule has 0 spiro atoms. The maximum atomic E-state index is 4.44. The van der Waals surface area contributed by atoms with Gasteiger partial charge in [-0.2, -0.15) is 0 Å². The minimum atomic E-state index is 0.723. The van der Waals surface area contributed by atoms with E-state index in [2.05, 4.69) is 50.7 Å². The number of hydrogen-bond acceptors (Lipinski definition) is 5. The van der Waals surface area contributed by atoms with Gasteiger partial charge in [0, 0.05) is 41.7 Å². The molecule has 0 amide bonds. The maximum absolute atomic E-state index is 4.44. The quantitative estimate of drug-likeness (QED) is 0.632. The number of nitrogens with one attached hydrogen (secondary N) is 2. The molecule has 0 aliphatic carbocycles. The molecule has 0 radical (unpaired) electrons. The van der Waals surface area contributed by atoms with Gasteiger partial charge in [-0.05, 0) is 57.4 Å². The zero-order valence-corrected chi connectivity index (χ0v) is 15.1. The second-order valence-electron chi connectivity index (χ2n) is 6.41. The Kier molecular flexibility index (Phi) is 5.43. The van der Waals surface area contributed by atoms with E-state index in [1.165, 1.54) is 10.9 Å². The monoisotopic (exact) mass is 335 g/mol. The lowest BCUT2D eigenvalue weighted by atomic mass is 10.1. The summed E-state index contributed by atoms with van der Waals surface area (Å²) < 4.78 is 0. The minimum Gasteiger partial charge on any atom is -0.384 e. The lowest BCUT2D eigenvalue weighted by Gasteiger charge is -2.10. The van der Waals surface area contributed by atoms with Crippen LogP contribution in [0.15, 0.2) is 36.5 Å². The van der Waals surface area contributed by atoms with Gasteiger partial charge in [-0.3, -0.25) is 4.98 Å². The lowest BCUT2D eigenvalue weighted by molar-refractivity contribution is 0.789. The van der Waals surface area contributed by atoms with Crippen LogP contribution in [0.2, 0.25) is 0 Å². The van der Waals surface area contributed by atoms with Crippen molar-refractivity contribution in [3.8, 4) is 0 Å². The summed E-state index contributed by atoms with van der Waals surface area (Å²) in [6.07, 6.45) is 4.00. The zero-order chi connectivity index (χ0) is 17.6. The summed E-state index contributed by atoms with van der Waals surface area (Å²) in [5.74, 6) is 0.723. The highest BCUT2D eigenvalue weighted by molar-refractivity contribution is 5.91. The second-order valence-corrected chi connectivity index (χ2v) is 6.41. The smallest absolute Gasteiger partial charge is 0.223 e. The number of anilines is 2. The predicted octanol–water partition coefficient (Wildman–Crippen LogP) is 4.25. The molecular formula is C20H25N5. The van der Waals surface area contributed by atoms with E-state index < -0.39 is 0 Å². The van der Waals surface area contributed by atoms with Crippen LogP contribution in [0.3, 0.4) is 0 Å². The third-order valence-corrected chi connectivity index (χ3v) is 4.08. The van der Waals surface area contributed by atoms with Crippen LogP contribution in [0.25, 0.3) is 10.9 Å². The van der Waals surface area contributed by atoms with Gasteiger partial charge < -0.3 is 10.6 Å². The molecule has 0 aliphatic rings. The van der Waals surface area contributed by atoms with Crippen molar-refractivity contribution in [3.05, 3.63) is 53.5 Å². The molecule has 0 saturated carbocycles. The van der Waals surface area contributed by atoms with Crippen LogP contribution in [0.1, 0.15) is 29.8 Å². The Labute approximate surface area is 148 Å². The predicted molar refractivity (Wildman–Crippen MR) is 104 cm³/mol. The Bertz CT molecular complexity index is 840. The van der Waals surface area contributed by atoms with E-state index in [1.54, 1.807) is 0 Å². The lowest BCUT2D eigenvalue weighted by Crippen LogP contribution is -2.09. The zero-order valence-electron chi connectivity index (χ0n) is 15.1. The number of pyridine rings is 1. The first-order valence-corrected chi connectivity index (χ1v) is 8.77. The third kappa shape index (κ3) is 4.66. The Morgan fingerprint density at radius 3 is 2.32 bits per heavy atom. The highest BCUT2D eigenvalue weighted by Crippen LogP contribution is 2.22. The first-order valence-electron chi connectivity index (χ1n) is 8.77. The summed E-state index contributed by atoms with van der Waals surface area (Å²) >= 11 is 0. The molecule has 0 atom stereocenters. The Hall–Kier alpha value is -2.69. The van der Waals surface area contributed by atoms with Gasteiger partial charge in [-0.25, -0.2) is 9.97 Å². The normalized spacial score (nSPS) is 10.8. The fourth-order valence-electron chi connectivity index (χ4n) is 2.89. The SMILES string of the molecule is Cc1ccc2c(NCCCCNc3nc(C)cc(C)n3)ccnc2c1. The van der Waals surface area contributed by atoms with E-state index in [0.29, 0.717) is 0 Å². The maximum Gasteiger partial charge on any atom is 0.223 e. The summed E-state index contributed by atoms with van der Waals surface area (Å²) in [4.78, 5) is 13.2. The molecule has 0 aliphatic heterocycles. The second kappa shape index (κ2) is 7.92. The number of rotatable bonds is 7.